The summed E-state index contributed by atoms with van der Waals surface area (Å²) in [5.41, 5.74) is 5.33. The van der Waals surface area contributed by atoms with Gasteiger partial charge in [0.25, 0.3) is 0 Å². The molecule has 0 aromatic carbocycles. The van der Waals surface area contributed by atoms with Crippen LogP contribution in [0.1, 0.15) is 194 Å². The molecule has 47 heavy (non-hydrogen) atoms. The molecular formula is C37H74NO8P. The van der Waals surface area contributed by atoms with Gasteiger partial charge in [0.15, 0.2) is 6.10 Å². The molecule has 0 saturated heterocycles. The number of unbranched alkanes of at least 4 members (excludes halogenated alkanes) is 24. The highest BCUT2D eigenvalue weighted by Crippen LogP contribution is 2.43. The van der Waals surface area contributed by atoms with Crippen LogP contribution in [0.15, 0.2) is 0 Å². The molecule has 0 radical (unpaired) electrons. The molecule has 0 aromatic heterocycles. The van der Waals surface area contributed by atoms with Gasteiger partial charge in [-0.05, 0) is 12.8 Å². The second-order valence-electron chi connectivity index (χ2n) is 13.2. The summed E-state index contributed by atoms with van der Waals surface area (Å²) in [6.45, 7) is 3.74. The summed E-state index contributed by atoms with van der Waals surface area (Å²) in [7, 11) is -4.36. The van der Waals surface area contributed by atoms with E-state index in [0.717, 1.165) is 32.1 Å². The van der Waals surface area contributed by atoms with Crippen molar-refractivity contribution < 1.29 is 37.6 Å². The normalized spacial score (nSPS) is 13.4. The number of rotatable bonds is 37. The highest BCUT2D eigenvalue weighted by atomic mass is 31.2. The van der Waals surface area contributed by atoms with Crippen molar-refractivity contribution in [3.63, 3.8) is 0 Å². The van der Waals surface area contributed by atoms with Gasteiger partial charge in [0.2, 0.25) is 0 Å². The maximum absolute atomic E-state index is 12.5. The first kappa shape index (κ1) is 46.0. The molecule has 0 spiro atoms. The van der Waals surface area contributed by atoms with Gasteiger partial charge in [-0.25, -0.2) is 4.57 Å². The number of carbonyl (C=O) groups is 2. The zero-order valence-electron chi connectivity index (χ0n) is 30.5. The fourth-order valence-corrected chi connectivity index (χ4v) is 6.34. The SMILES string of the molecule is CCCCCCCCCCCCCCCCCC(=O)O[C@H](COC(=O)CCCCCCCCCCCCC)COP(=O)(O)OCCN. The van der Waals surface area contributed by atoms with Crippen molar-refractivity contribution in [2.75, 3.05) is 26.4 Å². The van der Waals surface area contributed by atoms with E-state index in [1.54, 1.807) is 0 Å². The monoisotopic (exact) mass is 692 g/mol. The molecule has 0 bridgehead atoms. The topological polar surface area (TPSA) is 134 Å². The summed E-state index contributed by atoms with van der Waals surface area (Å²) in [4.78, 5) is 34.7. The lowest BCUT2D eigenvalue weighted by Crippen LogP contribution is -2.29. The smallest absolute Gasteiger partial charge is 0.462 e. The van der Waals surface area contributed by atoms with Crippen molar-refractivity contribution in [1.82, 2.24) is 0 Å². The minimum absolute atomic E-state index is 0.0578. The lowest BCUT2D eigenvalue weighted by molar-refractivity contribution is -0.161. The van der Waals surface area contributed by atoms with E-state index in [9.17, 15) is 19.0 Å². The van der Waals surface area contributed by atoms with Gasteiger partial charge in [-0.3, -0.25) is 18.6 Å². The third-order valence-corrected chi connectivity index (χ3v) is 9.48. The van der Waals surface area contributed by atoms with E-state index in [2.05, 4.69) is 13.8 Å². The van der Waals surface area contributed by atoms with Gasteiger partial charge < -0.3 is 20.1 Å². The minimum atomic E-state index is -4.36. The maximum atomic E-state index is 12.5. The lowest BCUT2D eigenvalue weighted by Gasteiger charge is -2.19. The van der Waals surface area contributed by atoms with Crippen LogP contribution < -0.4 is 5.73 Å². The molecule has 0 fully saturated rings. The van der Waals surface area contributed by atoms with Crippen LogP contribution in [-0.2, 0) is 32.7 Å². The van der Waals surface area contributed by atoms with Crippen LogP contribution in [0, 0.1) is 0 Å². The van der Waals surface area contributed by atoms with E-state index in [4.69, 9.17) is 24.3 Å². The number of nitrogens with two attached hydrogens (primary N) is 1. The van der Waals surface area contributed by atoms with Crippen LogP contribution in [0.5, 0.6) is 0 Å². The molecule has 9 nitrogen and oxygen atoms in total. The Bertz CT molecular complexity index is 754. The van der Waals surface area contributed by atoms with Crippen molar-refractivity contribution in [2.45, 2.75) is 200 Å². The summed E-state index contributed by atoms with van der Waals surface area (Å²) in [5.74, 6) is -0.818. The third-order valence-electron chi connectivity index (χ3n) is 8.49. The summed E-state index contributed by atoms with van der Waals surface area (Å²) < 4.78 is 32.6. The standard InChI is InChI=1S/C37H74NO8P/c1-3-5-7-9-11-13-15-16-17-18-20-22-24-26-28-30-37(40)46-35(34-45-47(41,42)44-32-31-38)33-43-36(39)29-27-25-23-21-19-14-12-10-8-6-4-2/h35H,3-34,38H2,1-2H3,(H,41,42)/t35-/m1/s1. The average Bonchev–Trinajstić information content (AvgIpc) is 3.05. The predicted molar refractivity (Wildman–Crippen MR) is 192 cm³/mol. The molecule has 280 valence electrons. The second kappa shape index (κ2) is 34.9. The minimum Gasteiger partial charge on any atom is -0.462 e. The number of phosphoric acid groups is 1. The van der Waals surface area contributed by atoms with Gasteiger partial charge in [0.1, 0.15) is 6.61 Å². The summed E-state index contributed by atoms with van der Waals surface area (Å²) in [6.07, 6.45) is 31.3. The Hall–Kier alpha value is -0.990. The van der Waals surface area contributed by atoms with Crippen molar-refractivity contribution in [2.24, 2.45) is 5.73 Å². The van der Waals surface area contributed by atoms with E-state index < -0.39 is 26.5 Å². The van der Waals surface area contributed by atoms with Crippen LogP contribution in [0.3, 0.4) is 0 Å². The first-order valence-corrected chi connectivity index (χ1v) is 21.0. The lowest BCUT2D eigenvalue weighted by atomic mass is 10.0. The summed E-state index contributed by atoms with van der Waals surface area (Å²) in [6, 6.07) is 0. The number of hydrogen-bond acceptors (Lipinski definition) is 8. The number of phosphoric ester groups is 1. The molecule has 10 heteroatoms. The number of hydrogen-bond donors (Lipinski definition) is 2. The van der Waals surface area contributed by atoms with Crippen LogP contribution in [0.4, 0.5) is 0 Å². The first-order valence-electron chi connectivity index (χ1n) is 19.5. The quantitative estimate of drug-likeness (QED) is 0.0371. The molecule has 0 aliphatic carbocycles. The van der Waals surface area contributed by atoms with Gasteiger partial charge in [0, 0.05) is 19.4 Å². The van der Waals surface area contributed by atoms with Crippen LogP contribution >= 0.6 is 7.82 Å². The zero-order valence-corrected chi connectivity index (χ0v) is 31.4. The van der Waals surface area contributed by atoms with Gasteiger partial charge in [-0.15, -0.1) is 0 Å². The average molecular weight is 692 g/mol. The molecule has 0 aliphatic rings. The molecule has 0 aliphatic heterocycles. The third kappa shape index (κ3) is 34.7. The van der Waals surface area contributed by atoms with Crippen molar-refractivity contribution in [3.8, 4) is 0 Å². The van der Waals surface area contributed by atoms with Crippen molar-refractivity contribution in [3.05, 3.63) is 0 Å². The fourth-order valence-electron chi connectivity index (χ4n) is 5.58. The van der Waals surface area contributed by atoms with E-state index in [0.29, 0.717) is 6.42 Å². The van der Waals surface area contributed by atoms with Crippen LogP contribution in [-0.4, -0.2) is 49.3 Å². The number of esters is 2. The molecule has 3 N–H and O–H groups in total. The Morgan fingerprint density at radius 3 is 1.30 bits per heavy atom. The highest BCUT2D eigenvalue weighted by Gasteiger charge is 2.26. The molecule has 0 saturated carbocycles. The van der Waals surface area contributed by atoms with Gasteiger partial charge in [-0.1, -0.05) is 168 Å². The molecule has 0 rings (SSSR count). The van der Waals surface area contributed by atoms with E-state index in [-0.39, 0.29) is 38.6 Å². The molecule has 0 amide bonds. The van der Waals surface area contributed by atoms with Crippen LogP contribution in [0.25, 0.3) is 0 Å². The van der Waals surface area contributed by atoms with E-state index >= 15 is 0 Å². The first-order chi connectivity index (χ1) is 22.8. The fraction of sp³-hybridized carbons (Fsp3) is 0.946. The predicted octanol–water partition coefficient (Wildman–Crippen LogP) is 10.5. The summed E-state index contributed by atoms with van der Waals surface area (Å²) in [5, 5.41) is 0. The Morgan fingerprint density at radius 2 is 0.915 bits per heavy atom. The molecule has 1 unspecified atom stereocenters. The molecule has 2 atom stereocenters. The Balaban J connectivity index is 4.17. The van der Waals surface area contributed by atoms with Gasteiger partial charge in [-0.2, -0.15) is 0 Å². The number of carbonyl (C=O) groups excluding carboxylic acids is 2. The van der Waals surface area contributed by atoms with Gasteiger partial charge >= 0.3 is 19.8 Å². The Kier molecular flexibility index (Phi) is 34.1. The van der Waals surface area contributed by atoms with Crippen LogP contribution in [0.2, 0.25) is 0 Å². The van der Waals surface area contributed by atoms with Gasteiger partial charge in [0.05, 0.1) is 13.2 Å². The number of ether oxygens (including phenoxy) is 2. The van der Waals surface area contributed by atoms with Crippen molar-refractivity contribution >= 4 is 19.8 Å². The Labute approximate surface area is 288 Å². The largest absolute Gasteiger partial charge is 0.472 e. The van der Waals surface area contributed by atoms with E-state index in [1.807, 2.05) is 0 Å². The van der Waals surface area contributed by atoms with E-state index in [1.165, 1.54) is 128 Å². The second-order valence-corrected chi connectivity index (χ2v) is 14.6. The zero-order chi connectivity index (χ0) is 34.7. The highest BCUT2D eigenvalue weighted by molar-refractivity contribution is 7.47. The van der Waals surface area contributed by atoms with Crippen molar-refractivity contribution in [1.29, 1.82) is 0 Å². The molecule has 0 heterocycles. The molecular weight excluding hydrogens is 617 g/mol. The summed E-state index contributed by atoms with van der Waals surface area (Å²) >= 11 is 0. The maximum Gasteiger partial charge on any atom is 0.472 e. The Morgan fingerprint density at radius 1 is 0.553 bits per heavy atom. The molecule has 0 aromatic rings.